The van der Waals surface area contributed by atoms with Crippen LogP contribution >= 0.6 is 15.9 Å². The first-order valence-electron chi connectivity index (χ1n) is 5.55. The van der Waals surface area contributed by atoms with Gasteiger partial charge in [-0.3, -0.25) is 0 Å². The van der Waals surface area contributed by atoms with E-state index in [0.717, 1.165) is 0 Å². The van der Waals surface area contributed by atoms with Crippen LogP contribution in [0.4, 0.5) is 13.6 Å². The van der Waals surface area contributed by atoms with Crippen molar-refractivity contribution >= 4 is 27.7 Å². The Morgan fingerprint density at radius 3 is 2.47 bits per heavy atom. The number of halogens is 3. The van der Waals surface area contributed by atoms with Crippen LogP contribution < -0.4 is 0 Å². The number of carbonyl (C=O) groups excluding carboxylic acids is 1. The van der Waals surface area contributed by atoms with Gasteiger partial charge in [0.15, 0.2) is 0 Å². The number of hydrogen-bond acceptors (Lipinski definition) is 2. The molecule has 0 saturated carbocycles. The zero-order chi connectivity index (χ0) is 14.6. The number of rotatable bonds is 2. The van der Waals surface area contributed by atoms with Crippen LogP contribution in [0.1, 0.15) is 26.3 Å². The molecule has 0 saturated heterocycles. The van der Waals surface area contributed by atoms with Crippen LogP contribution in [0.2, 0.25) is 0 Å². The molecule has 0 fully saturated rings. The summed E-state index contributed by atoms with van der Waals surface area (Å²) in [5.74, 6) is 0. The summed E-state index contributed by atoms with van der Waals surface area (Å²) in [6.45, 7) is 4.92. The average molecular weight is 334 g/mol. The molecular weight excluding hydrogens is 320 g/mol. The molecule has 1 aromatic rings. The standard InChI is InChI=1S/C13H14BrF2NO2/c1-13(2,3)19-12(18)17-10(11(15)16)8-5-4-6-9(14)7-8/h4-7,11H,1-3H3. The third-order valence-corrected chi connectivity index (χ3v) is 2.43. The van der Waals surface area contributed by atoms with E-state index in [1.807, 2.05) is 0 Å². The summed E-state index contributed by atoms with van der Waals surface area (Å²) < 4.78 is 31.4. The van der Waals surface area contributed by atoms with Crippen LogP contribution in [0, 0.1) is 0 Å². The second-order valence-corrected chi connectivity index (χ2v) is 5.70. The van der Waals surface area contributed by atoms with Gasteiger partial charge in [0.05, 0.1) is 0 Å². The minimum atomic E-state index is -2.86. The van der Waals surface area contributed by atoms with Crippen LogP contribution in [0.15, 0.2) is 33.7 Å². The van der Waals surface area contributed by atoms with Crippen molar-refractivity contribution < 1.29 is 18.3 Å². The predicted molar refractivity (Wildman–Crippen MR) is 72.9 cm³/mol. The second kappa shape index (κ2) is 6.23. The molecule has 0 radical (unpaired) electrons. The van der Waals surface area contributed by atoms with Gasteiger partial charge >= 0.3 is 6.09 Å². The molecule has 3 nitrogen and oxygen atoms in total. The number of nitrogens with zero attached hydrogens (tertiary/aromatic N) is 1. The highest BCUT2D eigenvalue weighted by atomic mass is 79.9. The molecule has 6 heteroatoms. The van der Waals surface area contributed by atoms with Gasteiger partial charge in [-0.2, -0.15) is 4.99 Å². The van der Waals surface area contributed by atoms with E-state index in [-0.39, 0.29) is 5.56 Å². The summed E-state index contributed by atoms with van der Waals surface area (Å²) in [6.07, 6.45) is -3.88. The Bertz CT molecular complexity index is 496. The number of benzene rings is 1. The Morgan fingerprint density at radius 2 is 2.00 bits per heavy atom. The Hall–Kier alpha value is -1.30. The average Bonchev–Trinajstić information content (AvgIpc) is 2.23. The molecule has 0 heterocycles. The molecule has 1 aromatic carbocycles. The van der Waals surface area contributed by atoms with E-state index in [0.29, 0.717) is 4.47 Å². The molecule has 1 rings (SSSR count). The van der Waals surface area contributed by atoms with Crippen molar-refractivity contribution in [1.29, 1.82) is 0 Å². The molecule has 0 aliphatic heterocycles. The molecule has 0 spiro atoms. The van der Waals surface area contributed by atoms with Crippen LogP contribution in [-0.2, 0) is 4.74 Å². The van der Waals surface area contributed by atoms with Crippen molar-refractivity contribution in [1.82, 2.24) is 0 Å². The zero-order valence-corrected chi connectivity index (χ0v) is 12.4. The van der Waals surface area contributed by atoms with Gasteiger partial charge in [0, 0.05) is 10.0 Å². The quantitative estimate of drug-likeness (QED) is 0.750. The fourth-order valence-electron chi connectivity index (χ4n) is 1.27. The lowest BCUT2D eigenvalue weighted by atomic mass is 10.1. The van der Waals surface area contributed by atoms with Gasteiger partial charge in [-0.05, 0) is 32.9 Å². The molecule has 0 aliphatic carbocycles. The lowest BCUT2D eigenvalue weighted by molar-refractivity contribution is 0.0600. The van der Waals surface area contributed by atoms with Gasteiger partial charge in [-0.1, -0.05) is 28.1 Å². The summed E-state index contributed by atoms with van der Waals surface area (Å²) in [5.41, 5.74) is -1.20. The van der Waals surface area contributed by atoms with Gasteiger partial charge < -0.3 is 4.74 Å². The molecule has 0 bridgehead atoms. The molecule has 19 heavy (non-hydrogen) atoms. The number of aliphatic imine (C=N–C) groups is 1. The largest absolute Gasteiger partial charge is 0.442 e. The Labute approximate surface area is 118 Å². The van der Waals surface area contributed by atoms with Crippen molar-refractivity contribution in [3.05, 3.63) is 34.3 Å². The van der Waals surface area contributed by atoms with E-state index in [9.17, 15) is 13.6 Å². The Morgan fingerprint density at radius 1 is 1.37 bits per heavy atom. The zero-order valence-electron chi connectivity index (χ0n) is 10.8. The number of alkyl halides is 2. The monoisotopic (exact) mass is 333 g/mol. The maximum atomic E-state index is 13.0. The first kappa shape index (κ1) is 15.8. The lowest BCUT2D eigenvalue weighted by Crippen LogP contribution is -2.24. The Balaban J connectivity index is 3.05. The number of hydrogen-bond donors (Lipinski definition) is 0. The van der Waals surface area contributed by atoms with Gasteiger partial charge in [0.2, 0.25) is 0 Å². The van der Waals surface area contributed by atoms with E-state index in [2.05, 4.69) is 20.9 Å². The highest BCUT2D eigenvalue weighted by molar-refractivity contribution is 9.10. The van der Waals surface area contributed by atoms with Crippen molar-refractivity contribution in [3.8, 4) is 0 Å². The smallest absolute Gasteiger partial charge is 0.434 e. The predicted octanol–water partition coefficient (Wildman–Crippen LogP) is 4.44. The molecule has 0 atom stereocenters. The van der Waals surface area contributed by atoms with Gasteiger partial charge in [-0.15, -0.1) is 0 Å². The first-order chi connectivity index (χ1) is 8.69. The maximum absolute atomic E-state index is 13.0. The molecule has 104 valence electrons. The molecule has 0 unspecified atom stereocenters. The fraction of sp³-hybridized carbons (Fsp3) is 0.385. The molecule has 1 amide bonds. The minimum Gasteiger partial charge on any atom is -0.442 e. The van der Waals surface area contributed by atoms with Crippen LogP contribution in [0.25, 0.3) is 0 Å². The third-order valence-electron chi connectivity index (χ3n) is 1.93. The van der Waals surface area contributed by atoms with Crippen LogP contribution in [-0.4, -0.2) is 23.8 Å². The first-order valence-corrected chi connectivity index (χ1v) is 6.34. The van der Waals surface area contributed by atoms with E-state index in [1.54, 1.807) is 32.9 Å². The van der Waals surface area contributed by atoms with Crippen molar-refractivity contribution in [2.24, 2.45) is 4.99 Å². The van der Waals surface area contributed by atoms with Gasteiger partial charge in [0.25, 0.3) is 6.43 Å². The molecule has 0 N–H and O–H groups in total. The summed E-state index contributed by atoms with van der Waals surface area (Å²) >= 11 is 3.18. The highest BCUT2D eigenvalue weighted by Gasteiger charge is 2.21. The molecular formula is C13H14BrF2NO2. The van der Waals surface area contributed by atoms with Crippen LogP contribution in [0.5, 0.6) is 0 Å². The van der Waals surface area contributed by atoms with Gasteiger partial charge in [0.1, 0.15) is 11.3 Å². The number of amides is 1. The van der Waals surface area contributed by atoms with E-state index in [4.69, 9.17) is 4.74 Å². The molecule has 0 aromatic heterocycles. The third kappa shape index (κ3) is 5.46. The normalized spacial score (nSPS) is 12.7. The molecule has 0 aliphatic rings. The van der Waals surface area contributed by atoms with E-state index < -0.39 is 23.8 Å². The topological polar surface area (TPSA) is 38.7 Å². The SMILES string of the molecule is CC(C)(C)OC(=O)N=C(c1cccc(Br)c1)C(F)F. The van der Waals surface area contributed by atoms with Crippen molar-refractivity contribution in [3.63, 3.8) is 0 Å². The van der Waals surface area contributed by atoms with Gasteiger partial charge in [-0.25, -0.2) is 13.6 Å². The van der Waals surface area contributed by atoms with E-state index in [1.165, 1.54) is 12.1 Å². The Kier molecular flexibility index (Phi) is 5.17. The number of carbonyl (C=O) groups is 1. The van der Waals surface area contributed by atoms with Crippen LogP contribution in [0.3, 0.4) is 0 Å². The number of ether oxygens (including phenoxy) is 1. The van der Waals surface area contributed by atoms with Crippen molar-refractivity contribution in [2.45, 2.75) is 32.8 Å². The van der Waals surface area contributed by atoms with Crippen molar-refractivity contribution in [2.75, 3.05) is 0 Å². The summed E-state index contributed by atoms with van der Waals surface area (Å²) in [5, 5.41) is 0. The maximum Gasteiger partial charge on any atom is 0.434 e. The summed E-state index contributed by atoms with van der Waals surface area (Å²) in [6, 6.07) is 6.21. The summed E-state index contributed by atoms with van der Waals surface area (Å²) in [7, 11) is 0. The second-order valence-electron chi connectivity index (χ2n) is 4.79. The fourth-order valence-corrected chi connectivity index (χ4v) is 1.67. The minimum absolute atomic E-state index is 0.176. The highest BCUT2D eigenvalue weighted by Crippen LogP contribution is 2.17. The van der Waals surface area contributed by atoms with E-state index >= 15 is 0 Å². The summed E-state index contributed by atoms with van der Waals surface area (Å²) in [4.78, 5) is 14.8. The lowest BCUT2D eigenvalue weighted by Gasteiger charge is -2.17.